The van der Waals surface area contributed by atoms with E-state index in [0.717, 1.165) is 24.5 Å². The number of sulfonamides is 1. The predicted octanol–water partition coefficient (Wildman–Crippen LogP) is 3.56. The molecule has 1 heterocycles. The summed E-state index contributed by atoms with van der Waals surface area (Å²) < 4.78 is 41.2. The van der Waals surface area contributed by atoms with Crippen LogP contribution in [-0.4, -0.2) is 20.9 Å². The average molecular weight is 376 g/mol. The molecule has 0 aromatic heterocycles. The van der Waals surface area contributed by atoms with Crippen LogP contribution in [0.3, 0.4) is 0 Å². The Morgan fingerprint density at radius 3 is 2.62 bits per heavy atom. The summed E-state index contributed by atoms with van der Waals surface area (Å²) in [4.78, 5) is 13.8. The van der Waals surface area contributed by atoms with Gasteiger partial charge in [-0.05, 0) is 42.7 Å². The Kier molecular flexibility index (Phi) is 5.00. The fraction of sp³-hybridized carbons (Fsp3) is 0.316. The van der Waals surface area contributed by atoms with E-state index in [4.69, 9.17) is 0 Å². The number of benzene rings is 2. The number of halogens is 1. The predicted molar refractivity (Wildman–Crippen MR) is 99.2 cm³/mol. The van der Waals surface area contributed by atoms with Crippen LogP contribution >= 0.6 is 0 Å². The van der Waals surface area contributed by atoms with Gasteiger partial charge in [-0.2, -0.15) is 0 Å². The minimum absolute atomic E-state index is 0.0000564. The lowest BCUT2D eigenvalue weighted by Crippen LogP contribution is -2.38. The maximum Gasteiger partial charge on any atom is 0.264 e. The van der Waals surface area contributed by atoms with E-state index >= 15 is 0 Å². The summed E-state index contributed by atoms with van der Waals surface area (Å²) >= 11 is 0. The Labute approximate surface area is 152 Å². The molecule has 1 aliphatic heterocycles. The number of carbonyl (C=O) groups is 1. The number of nitrogens with one attached hydrogen (secondary N) is 1. The first kappa shape index (κ1) is 18.4. The van der Waals surface area contributed by atoms with Gasteiger partial charge in [0.1, 0.15) is 10.7 Å². The minimum atomic E-state index is -4.05. The van der Waals surface area contributed by atoms with Crippen molar-refractivity contribution < 1.29 is 17.6 Å². The molecule has 1 N–H and O–H groups in total. The number of fused-ring (bicyclic) bond motifs is 1. The van der Waals surface area contributed by atoms with Crippen LogP contribution in [0.15, 0.2) is 47.4 Å². The second-order valence-electron chi connectivity index (χ2n) is 6.63. The van der Waals surface area contributed by atoms with Crippen LogP contribution in [-0.2, 0) is 21.2 Å². The summed E-state index contributed by atoms with van der Waals surface area (Å²) in [6.45, 7) is 4.27. The van der Waals surface area contributed by atoms with E-state index < -0.39 is 20.7 Å². The normalized spacial score (nSPS) is 14.2. The van der Waals surface area contributed by atoms with E-state index in [0.29, 0.717) is 17.9 Å². The summed E-state index contributed by atoms with van der Waals surface area (Å²) in [7, 11) is -4.05. The SMILES string of the molecule is CC(C)C(=O)N1CCCc2ccc(NS(=O)(=O)c3ccccc3F)cc21. The van der Waals surface area contributed by atoms with Crippen LogP contribution in [0.2, 0.25) is 0 Å². The molecular weight excluding hydrogens is 355 g/mol. The van der Waals surface area contributed by atoms with Gasteiger partial charge < -0.3 is 4.90 Å². The molecule has 0 spiro atoms. The smallest absolute Gasteiger partial charge is 0.264 e. The Hall–Kier alpha value is -2.41. The molecule has 0 radical (unpaired) electrons. The molecule has 0 unspecified atom stereocenters. The van der Waals surface area contributed by atoms with Gasteiger partial charge in [0.15, 0.2) is 0 Å². The molecule has 5 nitrogen and oxygen atoms in total. The van der Waals surface area contributed by atoms with Crippen LogP contribution in [0.1, 0.15) is 25.8 Å². The molecular formula is C19H21FN2O3S. The second-order valence-corrected chi connectivity index (χ2v) is 8.28. The standard InChI is InChI=1S/C19H21FN2O3S/c1-13(2)19(23)22-11-5-6-14-9-10-15(12-17(14)22)21-26(24,25)18-8-4-3-7-16(18)20/h3-4,7-10,12-13,21H,5-6,11H2,1-2H3. The van der Waals surface area contributed by atoms with Crippen LogP contribution in [0.25, 0.3) is 0 Å². The lowest BCUT2D eigenvalue weighted by molar-refractivity contribution is -0.121. The first-order valence-electron chi connectivity index (χ1n) is 8.51. The second kappa shape index (κ2) is 7.07. The Morgan fingerprint density at radius 2 is 1.92 bits per heavy atom. The van der Waals surface area contributed by atoms with Crippen molar-refractivity contribution in [3.63, 3.8) is 0 Å². The largest absolute Gasteiger partial charge is 0.312 e. The van der Waals surface area contributed by atoms with Crippen LogP contribution in [0.5, 0.6) is 0 Å². The monoisotopic (exact) mass is 376 g/mol. The van der Waals surface area contributed by atoms with Crippen LogP contribution in [0, 0.1) is 11.7 Å². The van der Waals surface area contributed by atoms with Gasteiger partial charge in [0, 0.05) is 18.2 Å². The third kappa shape index (κ3) is 3.58. The molecule has 0 aliphatic carbocycles. The van der Waals surface area contributed by atoms with Crippen LogP contribution in [0.4, 0.5) is 15.8 Å². The van der Waals surface area contributed by atoms with Crippen molar-refractivity contribution in [3.8, 4) is 0 Å². The number of aryl methyl sites for hydroxylation is 1. The molecule has 0 atom stereocenters. The van der Waals surface area contributed by atoms with Crippen molar-refractivity contribution in [1.82, 2.24) is 0 Å². The summed E-state index contributed by atoms with van der Waals surface area (Å²) in [5.74, 6) is -0.964. The summed E-state index contributed by atoms with van der Waals surface area (Å²) in [6, 6.07) is 10.3. The van der Waals surface area contributed by atoms with E-state index in [-0.39, 0.29) is 11.8 Å². The maximum atomic E-state index is 13.8. The first-order chi connectivity index (χ1) is 12.3. The van der Waals surface area contributed by atoms with E-state index in [2.05, 4.69) is 4.72 Å². The number of hydrogen-bond acceptors (Lipinski definition) is 3. The Balaban J connectivity index is 1.95. The van der Waals surface area contributed by atoms with Gasteiger partial charge in [0.05, 0.1) is 5.69 Å². The molecule has 138 valence electrons. The average Bonchev–Trinajstić information content (AvgIpc) is 2.60. The first-order valence-corrected chi connectivity index (χ1v) is 9.99. The van der Waals surface area contributed by atoms with Gasteiger partial charge in [-0.1, -0.05) is 32.0 Å². The van der Waals surface area contributed by atoms with Crippen molar-refractivity contribution in [1.29, 1.82) is 0 Å². The quantitative estimate of drug-likeness (QED) is 0.887. The molecule has 7 heteroatoms. The van der Waals surface area contributed by atoms with Crippen molar-refractivity contribution in [2.24, 2.45) is 5.92 Å². The van der Waals surface area contributed by atoms with Crippen molar-refractivity contribution in [2.45, 2.75) is 31.6 Å². The molecule has 2 aromatic carbocycles. The van der Waals surface area contributed by atoms with Gasteiger partial charge in [-0.25, -0.2) is 12.8 Å². The maximum absolute atomic E-state index is 13.8. The van der Waals surface area contributed by atoms with Gasteiger partial charge in [-0.15, -0.1) is 0 Å². The van der Waals surface area contributed by atoms with Gasteiger partial charge >= 0.3 is 0 Å². The number of rotatable bonds is 4. The van der Waals surface area contributed by atoms with E-state index in [9.17, 15) is 17.6 Å². The molecule has 0 bridgehead atoms. The topological polar surface area (TPSA) is 66.5 Å². The lowest BCUT2D eigenvalue weighted by Gasteiger charge is -2.31. The zero-order chi connectivity index (χ0) is 18.9. The molecule has 1 aliphatic rings. The molecule has 1 amide bonds. The van der Waals surface area contributed by atoms with E-state index in [1.54, 1.807) is 17.0 Å². The molecule has 0 saturated heterocycles. The minimum Gasteiger partial charge on any atom is -0.312 e. The lowest BCUT2D eigenvalue weighted by atomic mass is 9.99. The number of amides is 1. The van der Waals surface area contributed by atoms with Gasteiger partial charge in [-0.3, -0.25) is 9.52 Å². The molecule has 3 rings (SSSR count). The number of nitrogens with zero attached hydrogens (tertiary/aromatic N) is 1. The number of hydrogen-bond donors (Lipinski definition) is 1. The number of anilines is 2. The highest BCUT2D eigenvalue weighted by Crippen LogP contribution is 2.32. The summed E-state index contributed by atoms with van der Waals surface area (Å²) in [5.41, 5.74) is 2.01. The van der Waals surface area contributed by atoms with E-state index in [1.165, 1.54) is 18.2 Å². The zero-order valence-corrected chi connectivity index (χ0v) is 15.5. The van der Waals surface area contributed by atoms with Crippen LogP contribution < -0.4 is 9.62 Å². The third-order valence-electron chi connectivity index (χ3n) is 4.34. The highest BCUT2D eigenvalue weighted by molar-refractivity contribution is 7.92. The molecule has 0 saturated carbocycles. The highest BCUT2D eigenvalue weighted by atomic mass is 32.2. The third-order valence-corrected chi connectivity index (χ3v) is 5.76. The zero-order valence-electron chi connectivity index (χ0n) is 14.7. The van der Waals surface area contributed by atoms with Crippen molar-refractivity contribution >= 4 is 27.3 Å². The number of carbonyl (C=O) groups excluding carboxylic acids is 1. The van der Waals surface area contributed by atoms with Crippen molar-refractivity contribution in [3.05, 3.63) is 53.8 Å². The summed E-state index contributed by atoms with van der Waals surface area (Å²) in [6.07, 6.45) is 1.70. The van der Waals surface area contributed by atoms with E-state index in [1.807, 2.05) is 19.9 Å². The Morgan fingerprint density at radius 1 is 1.19 bits per heavy atom. The molecule has 0 fully saturated rings. The van der Waals surface area contributed by atoms with Gasteiger partial charge in [0.2, 0.25) is 5.91 Å². The fourth-order valence-electron chi connectivity index (χ4n) is 3.05. The Bertz CT molecular complexity index is 942. The highest BCUT2D eigenvalue weighted by Gasteiger charge is 2.25. The molecule has 26 heavy (non-hydrogen) atoms. The fourth-order valence-corrected chi connectivity index (χ4v) is 4.18. The molecule has 2 aromatic rings. The van der Waals surface area contributed by atoms with Gasteiger partial charge in [0.25, 0.3) is 10.0 Å². The van der Waals surface area contributed by atoms with Crippen molar-refractivity contribution in [2.75, 3.05) is 16.2 Å². The summed E-state index contributed by atoms with van der Waals surface area (Å²) in [5, 5.41) is 0.